The van der Waals surface area contributed by atoms with Gasteiger partial charge in [0.15, 0.2) is 0 Å². The third kappa shape index (κ3) is 3.63. The lowest BCUT2D eigenvalue weighted by Crippen LogP contribution is -2.19. The summed E-state index contributed by atoms with van der Waals surface area (Å²) in [6.45, 7) is 2.17. The van der Waals surface area contributed by atoms with Crippen molar-refractivity contribution in [3.63, 3.8) is 0 Å². The van der Waals surface area contributed by atoms with E-state index in [0.717, 1.165) is 19.3 Å². The van der Waals surface area contributed by atoms with Crippen LogP contribution in [0.3, 0.4) is 0 Å². The van der Waals surface area contributed by atoms with E-state index in [9.17, 15) is 4.79 Å². The first-order valence-corrected chi connectivity index (χ1v) is 8.60. The van der Waals surface area contributed by atoms with Gasteiger partial charge in [0.1, 0.15) is 0 Å². The zero-order valence-corrected chi connectivity index (χ0v) is 14.9. The van der Waals surface area contributed by atoms with Crippen molar-refractivity contribution in [1.29, 1.82) is 0 Å². The Morgan fingerprint density at radius 1 is 1.33 bits per heavy atom. The fraction of sp³-hybridized carbons (Fsp3) is 0.263. The molecule has 124 valence electrons. The maximum absolute atomic E-state index is 13.1. The van der Waals surface area contributed by atoms with Gasteiger partial charge in [-0.15, -0.1) is 0 Å². The van der Waals surface area contributed by atoms with Crippen LogP contribution in [-0.2, 0) is 0 Å². The van der Waals surface area contributed by atoms with Gasteiger partial charge in [0.05, 0.1) is 17.0 Å². The molecular formula is C19H18Cl2N2O. The highest BCUT2D eigenvalue weighted by molar-refractivity contribution is 6.39. The summed E-state index contributed by atoms with van der Waals surface area (Å²) in [6, 6.07) is 4.94. The van der Waals surface area contributed by atoms with Crippen LogP contribution in [0.1, 0.15) is 36.5 Å². The molecule has 1 aromatic heterocycles. The standard InChI is InChI=1S/C19H18Cl2N2O/c1-19(7-3-2-4-8-19)12-17(23-10-9-22-13-23)18(24)15-6-5-14(20)11-16(15)21/h2-3,5-6,9-13H,4,7-8H2,1H3. The van der Waals surface area contributed by atoms with Crippen LogP contribution in [0.4, 0.5) is 0 Å². The third-order valence-electron chi connectivity index (χ3n) is 4.31. The minimum atomic E-state index is -0.134. The molecule has 2 aromatic rings. The monoisotopic (exact) mass is 360 g/mol. The molecule has 0 aliphatic heterocycles. The van der Waals surface area contributed by atoms with E-state index in [1.54, 1.807) is 41.5 Å². The molecule has 3 nitrogen and oxygen atoms in total. The minimum Gasteiger partial charge on any atom is -0.303 e. The second-order valence-electron chi connectivity index (χ2n) is 6.32. The zero-order chi connectivity index (χ0) is 17.2. The Labute approximate surface area is 151 Å². The van der Waals surface area contributed by atoms with Crippen molar-refractivity contribution in [2.24, 2.45) is 5.41 Å². The van der Waals surface area contributed by atoms with Crippen LogP contribution in [-0.4, -0.2) is 15.3 Å². The number of allylic oxidation sites excluding steroid dienone is 4. The van der Waals surface area contributed by atoms with Crippen molar-refractivity contribution < 1.29 is 4.79 Å². The van der Waals surface area contributed by atoms with Gasteiger partial charge in [0.2, 0.25) is 5.78 Å². The topological polar surface area (TPSA) is 34.9 Å². The number of carbonyl (C=O) groups is 1. The molecule has 1 aliphatic carbocycles. The molecule has 5 heteroatoms. The molecular weight excluding hydrogens is 343 g/mol. The number of ketones is 1. The fourth-order valence-corrected chi connectivity index (χ4v) is 3.41. The molecule has 3 rings (SSSR count). The molecule has 0 N–H and O–H groups in total. The van der Waals surface area contributed by atoms with Crippen molar-refractivity contribution in [3.8, 4) is 0 Å². The zero-order valence-electron chi connectivity index (χ0n) is 13.4. The lowest BCUT2D eigenvalue weighted by Gasteiger charge is -2.28. The Morgan fingerprint density at radius 2 is 2.17 bits per heavy atom. The van der Waals surface area contributed by atoms with Crippen LogP contribution < -0.4 is 0 Å². The number of Topliss-reactive ketones (excluding diaryl/α,β-unsaturated/α-hetero) is 1. The molecule has 0 fully saturated rings. The fourth-order valence-electron chi connectivity index (χ4n) is 2.92. The van der Waals surface area contributed by atoms with Gasteiger partial charge >= 0.3 is 0 Å². The summed E-state index contributed by atoms with van der Waals surface area (Å²) in [5, 5.41) is 0.862. The van der Waals surface area contributed by atoms with Crippen molar-refractivity contribution >= 4 is 34.7 Å². The number of imidazole rings is 1. The van der Waals surface area contributed by atoms with Crippen molar-refractivity contribution in [2.45, 2.75) is 26.2 Å². The van der Waals surface area contributed by atoms with Crippen LogP contribution in [0.25, 0.3) is 5.70 Å². The van der Waals surface area contributed by atoms with E-state index in [1.807, 2.05) is 6.08 Å². The Balaban J connectivity index is 2.05. The molecule has 24 heavy (non-hydrogen) atoms. The van der Waals surface area contributed by atoms with Gasteiger partial charge in [-0.25, -0.2) is 4.98 Å². The predicted octanol–water partition coefficient (Wildman–Crippen LogP) is 5.66. The maximum atomic E-state index is 13.1. The summed E-state index contributed by atoms with van der Waals surface area (Å²) in [6.07, 6.45) is 14.4. The van der Waals surface area contributed by atoms with Gasteiger partial charge < -0.3 is 4.57 Å². The highest BCUT2D eigenvalue weighted by atomic mass is 35.5. The Morgan fingerprint density at radius 3 is 2.79 bits per heavy atom. The van der Waals surface area contributed by atoms with Crippen LogP contribution >= 0.6 is 23.2 Å². The Kier molecular flexibility index (Phi) is 4.93. The predicted molar refractivity (Wildman–Crippen MR) is 98.4 cm³/mol. The van der Waals surface area contributed by atoms with E-state index in [-0.39, 0.29) is 11.2 Å². The number of aromatic nitrogens is 2. The molecule has 0 bridgehead atoms. The Bertz CT molecular complexity index is 809. The molecule has 1 heterocycles. The lowest BCUT2D eigenvalue weighted by molar-refractivity contribution is 0.105. The van der Waals surface area contributed by atoms with Crippen LogP contribution in [0, 0.1) is 5.41 Å². The van der Waals surface area contributed by atoms with Gasteiger partial charge in [-0.1, -0.05) is 48.4 Å². The number of rotatable bonds is 4. The summed E-state index contributed by atoms with van der Waals surface area (Å²) < 4.78 is 1.75. The van der Waals surface area contributed by atoms with Crippen molar-refractivity contribution in [1.82, 2.24) is 9.55 Å². The first-order valence-electron chi connectivity index (χ1n) is 7.84. The minimum absolute atomic E-state index is 0.0666. The summed E-state index contributed by atoms with van der Waals surface area (Å²) in [4.78, 5) is 17.2. The molecule has 0 spiro atoms. The van der Waals surface area contributed by atoms with Crippen LogP contribution in [0.15, 0.2) is 55.1 Å². The summed E-state index contributed by atoms with van der Waals surface area (Å²) in [7, 11) is 0. The van der Waals surface area contributed by atoms with Crippen LogP contribution in [0.2, 0.25) is 10.0 Å². The average Bonchev–Trinajstić information content (AvgIpc) is 3.07. The van der Waals surface area contributed by atoms with Gasteiger partial charge in [0.25, 0.3) is 0 Å². The number of halogens is 2. The average molecular weight is 361 g/mol. The van der Waals surface area contributed by atoms with E-state index in [2.05, 4.69) is 24.1 Å². The number of nitrogens with zero attached hydrogens (tertiary/aromatic N) is 2. The molecule has 0 saturated carbocycles. The molecule has 1 unspecified atom stereocenters. The molecule has 0 radical (unpaired) electrons. The van der Waals surface area contributed by atoms with Gasteiger partial charge in [-0.3, -0.25) is 4.79 Å². The van der Waals surface area contributed by atoms with Gasteiger partial charge in [0, 0.05) is 23.0 Å². The third-order valence-corrected chi connectivity index (χ3v) is 4.86. The first-order chi connectivity index (χ1) is 11.5. The van der Waals surface area contributed by atoms with E-state index in [4.69, 9.17) is 23.2 Å². The maximum Gasteiger partial charge on any atom is 0.210 e. The van der Waals surface area contributed by atoms with Crippen molar-refractivity contribution in [3.05, 3.63) is 70.8 Å². The summed E-state index contributed by atoms with van der Waals surface area (Å²) >= 11 is 12.2. The highest BCUT2D eigenvalue weighted by Gasteiger charge is 2.26. The van der Waals surface area contributed by atoms with Gasteiger partial charge in [-0.05, 0) is 42.9 Å². The summed E-state index contributed by atoms with van der Waals surface area (Å²) in [5.41, 5.74) is 0.939. The summed E-state index contributed by atoms with van der Waals surface area (Å²) in [5.74, 6) is -0.134. The van der Waals surface area contributed by atoms with Gasteiger partial charge in [-0.2, -0.15) is 0 Å². The number of benzene rings is 1. The quantitative estimate of drug-likeness (QED) is 0.400. The number of hydrogen-bond acceptors (Lipinski definition) is 2. The molecule has 1 atom stereocenters. The first kappa shape index (κ1) is 17.0. The molecule has 0 amide bonds. The highest BCUT2D eigenvalue weighted by Crippen LogP contribution is 2.36. The molecule has 1 aromatic carbocycles. The molecule has 0 saturated heterocycles. The number of carbonyl (C=O) groups excluding carboxylic acids is 1. The van der Waals surface area contributed by atoms with Crippen LogP contribution in [0.5, 0.6) is 0 Å². The second kappa shape index (κ2) is 6.96. The molecule has 1 aliphatic rings. The SMILES string of the molecule is CC1(C=C(C(=O)c2ccc(Cl)cc2Cl)n2ccnc2)CC=CCC1. The largest absolute Gasteiger partial charge is 0.303 e. The van der Waals surface area contributed by atoms with E-state index >= 15 is 0 Å². The van der Waals surface area contributed by atoms with E-state index in [0.29, 0.717) is 21.3 Å². The number of hydrogen-bond donors (Lipinski definition) is 0. The lowest BCUT2D eigenvalue weighted by atomic mass is 9.78. The normalized spacial score (nSPS) is 21.0. The van der Waals surface area contributed by atoms with E-state index in [1.165, 1.54) is 0 Å². The van der Waals surface area contributed by atoms with E-state index < -0.39 is 0 Å². The van der Waals surface area contributed by atoms with Crippen molar-refractivity contribution in [2.75, 3.05) is 0 Å². The smallest absolute Gasteiger partial charge is 0.210 e. The Hall–Kier alpha value is -1.84. The second-order valence-corrected chi connectivity index (χ2v) is 7.16.